The van der Waals surface area contributed by atoms with E-state index in [1.165, 1.54) is 0 Å². The predicted molar refractivity (Wildman–Crippen MR) is 131 cm³/mol. The Kier molecular flexibility index (Phi) is 6.05. The minimum absolute atomic E-state index is 0.0385. The smallest absolute Gasteiger partial charge is 0.295 e. The zero-order valence-electron chi connectivity index (χ0n) is 20.4. The molecular formula is C28H31NO6. The van der Waals surface area contributed by atoms with Crippen molar-refractivity contribution in [3.63, 3.8) is 0 Å². The van der Waals surface area contributed by atoms with Crippen molar-refractivity contribution in [2.24, 2.45) is 0 Å². The van der Waals surface area contributed by atoms with Gasteiger partial charge in [0.05, 0.1) is 17.7 Å². The molecule has 2 saturated heterocycles. The van der Waals surface area contributed by atoms with Gasteiger partial charge >= 0.3 is 0 Å². The SMILES string of the molecule is CC(C)(C)c1ccc(C2/C(=C(\O)c3ccc4c(c3)OCCO4)C(=O)C(=O)N2CC2CCCO2)cc1. The molecule has 2 unspecified atom stereocenters. The molecule has 2 atom stereocenters. The first-order chi connectivity index (χ1) is 16.7. The molecule has 3 aliphatic rings. The Bertz CT molecular complexity index is 1170. The van der Waals surface area contributed by atoms with Crippen LogP contribution in [0.15, 0.2) is 48.0 Å². The van der Waals surface area contributed by atoms with Gasteiger partial charge in [0.15, 0.2) is 11.5 Å². The van der Waals surface area contributed by atoms with E-state index in [1.54, 1.807) is 23.1 Å². The molecule has 7 nitrogen and oxygen atoms in total. The highest BCUT2D eigenvalue weighted by atomic mass is 16.6. The van der Waals surface area contributed by atoms with E-state index in [0.29, 0.717) is 43.4 Å². The molecule has 0 aromatic heterocycles. The van der Waals surface area contributed by atoms with Crippen LogP contribution in [0.3, 0.4) is 0 Å². The highest BCUT2D eigenvalue weighted by molar-refractivity contribution is 6.46. The summed E-state index contributed by atoms with van der Waals surface area (Å²) in [5, 5.41) is 11.4. The van der Waals surface area contributed by atoms with Crippen molar-refractivity contribution < 1.29 is 28.9 Å². The van der Waals surface area contributed by atoms with E-state index in [1.807, 2.05) is 24.3 Å². The van der Waals surface area contributed by atoms with Crippen molar-refractivity contribution in [2.75, 3.05) is 26.4 Å². The van der Waals surface area contributed by atoms with E-state index in [9.17, 15) is 14.7 Å². The molecule has 2 aromatic rings. The summed E-state index contributed by atoms with van der Waals surface area (Å²) in [6.45, 7) is 8.21. The van der Waals surface area contributed by atoms with Crippen LogP contribution < -0.4 is 9.47 Å². The number of hydrogen-bond acceptors (Lipinski definition) is 6. The van der Waals surface area contributed by atoms with E-state index in [0.717, 1.165) is 24.0 Å². The summed E-state index contributed by atoms with van der Waals surface area (Å²) < 4.78 is 17.0. The summed E-state index contributed by atoms with van der Waals surface area (Å²) in [7, 11) is 0. The van der Waals surface area contributed by atoms with Gasteiger partial charge in [-0.2, -0.15) is 0 Å². The maximum absolute atomic E-state index is 13.3. The summed E-state index contributed by atoms with van der Waals surface area (Å²) in [5.74, 6) is -0.453. The van der Waals surface area contributed by atoms with E-state index in [-0.39, 0.29) is 22.9 Å². The van der Waals surface area contributed by atoms with Crippen LogP contribution in [0.1, 0.15) is 56.3 Å². The number of ketones is 1. The summed E-state index contributed by atoms with van der Waals surface area (Å²) in [5.41, 5.74) is 2.36. The fourth-order valence-corrected chi connectivity index (χ4v) is 4.93. The third-order valence-electron chi connectivity index (χ3n) is 6.87. The van der Waals surface area contributed by atoms with Crippen molar-refractivity contribution in [3.05, 3.63) is 64.7 Å². The number of carbonyl (C=O) groups is 2. The Morgan fingerprint density at radius 2 is 1.71 bits per heavy atom. The molecule has 3 heterocycles. The summed E-state index contributed by atoms with van der Waals surface area (Å²) in [6, 6.07) is 12.2. The molecule has 0 radical (unpaired) electrons. The lowest BCUT2D eigenvalue weighted by atomic mass is 9.85. The lowest BCUT2D eigenvalue weighted by Gasteiger charge is -2.28. The van der Waals surface area contributed by atoms with Crippen LogP contribution in [0.2, 0.25) is 0 Å². The highest BCUT2D eigenvalue weighted by Gasteiger charge is 2.47. The second-order valence-corrected chi connectivity index (χ2v) is 10.3. The molecule has 0 bridgehead atoms. The number of benzene rings is 2. The first kappa shape index (κ1) is 23.4. The fourth-order valence-electron chi connectivity index (χ4n) is 4.93. The van der Waals surface area contributed by atoms with E-state index in [2.05, 4.69) is 20.8 Å². The Hall–Kier alpha value is -3.32. The number of likely N-dealkylation sites (tertiary alicyclic amines) is 1. The first-order valence-electron chi connectivity index (χ1n) is 12.1. The van der Waals surface area contributed by atoms with Crippen molar-refractivity contribution in [3.8, 4) is 11.5 Å². The topological polar surface area (TPSA) is 85.3 Å². The summed E-state index contributed by atoms with van der Waals surface area (Å²) in [6.07, 6.45) is 1.64. The quantitative estimate of drug-likeness (QED) is 0.400. The van der Waals surface area contributed by atoms with Crippen LogP contribution in [0.4, 0.5) is 0 Å². The number of hydrogen-bond donors (Lipinski definition) is 1. The van der Waals surface area contributed by atoms with Crippen LogP contribution in [0.5, 0.6) is 11.5 Å². The second-order valence-electron chi connectivity index (χ2n) is 10.3. The number of ether oxygens (including phenoxy) is 3. The summed E-state index contributed by atoms with van der Waals surface area (Å²) >= 11 is 0. The van der Waals surface area contributed by atoms with Gasteiger partial charge in [0.1, 0.15) is 19.0 Å². The van der Waals surface area contributed by atoms with Gasteiger partial charge < -0.3 is 24.2 Å². The molecule has 3 aliphatic heterocycles. The lowest BCUT2D eigenvalue weighted by Crippen LogP contribution is -2.36. The fraction of sp³-hybridized carbons (Fsp3) is 0.429. The van der Waals surface area contributed by atoms with Crippen LogP contribution in [-0.4, -0.2) is 54.2 Å². The summed E-state index contributed by atoms with van der Waals surface area (Å²) in [4.78, 5) is 28.1. The lowest BCUT2D eigenvalue weighted by molar-refractivity contribution is -0.140. The molecule has 0 saturated carbocycles. The molecule has 0 spiro atoms. The van der Waals surface area contributed by atoms with Gasteiger partial charge in [0, 0.05) is 18.7 Å². The molecule has 35 heavy (non-hydrogen) atoms. The number of fused-ring (bicyclic) bond motifs is 1. The number of nitrogens with zero attached hydrogens (tertiary/aromatic N) is 1. The van der Waals surface area contributed by atoms with Crippen molar-refractivity contribution in [1.82, 2.24) is 4.90 Å². The zero-order valence-corrected chi connectivity index (χ0v) is 20.4. The van der Waals surface area contributed by atoms with Gasteiger partial charge in [-0.15, -0.1) is 0 Å². The standard InChI is InChI=1S/C28H31NO6/c1-28(2,3)19-9-6-17(7-10-19)24-23(26(31)27(32)29(24)16-20-5-4-12-33-20)25(30)18-8-11-21-22(15-18)35-14-13-34-21/h6-11,15,20,24,30H,4-5,12-14,16H2,1-3H3/b25-23+. The number of aliphatic hydroxyl groups is 1. The Balaban J connectivity index is 1.59. The molecule has 1 N–H and O–H groups in total. The Morgan fingerprint density at radius 3 is 2.37 bits per heavy atom. The third-order valence-corrected chi connectivity index (χ3v) is 6.87. The molecule has 2 aromatic carbocycles. The molecular weight excluding hydrogens is 446 g/mol. The molecule has 2 fully saturated rings. The zero-order chi connectivity index (χ0) is 24.7. The minimum Gasteiger partial charge on any atom is -0.507 e. The predicted octanol–water partition coefficient (Wildman–Crippen LogP) is 4.36. The van der Waals surface area contributed by atoms with Gasteiger partial charge in [-0.1, -0.05) is 45.0 Å². The van der Waals surface area contributed by atoms with Crippen LogP contribution in [-0.2, 0) is 19.7 Å². The molecule has 7 heteroatoms. The minimum atomic E-state index is -0.707. The van der Waals surface area contributed by atoms with Gasteiger partial charge in [0.2, 0.25) is 0 Å². The van der Waals surface area contributed by atoms with Crippen molar-refractivity contribution >= 4 is 17.4 Å². The number of aliphatic hydroxyl groups excluding tert-OH is 1. The van der Waals surface area contributed by atoms with E-state index >= 15 is 0 Å². The van der Waals surface area contributed by atoms with Crippen molar-refractivity contribution in [1.29, 1.82) is 0 Å². The van der Waals surface area contributed by atoms with Gasteiger partial charge in [-0.3, -0.25) is 9.59 Å². The van der Waals surface area contributed by atoms with Crippen LogP contribution >= 0.6 is 0 Å². The van der Waals surface area contributed by atoms with Crippen molar-refractivity contribution in [2.45, 2.75) is 51.2 Å². The Labute approximate surface area is 205 Å². The van der Waals surface area contributed by atoms with Gasteiger partial charge in [-0.05, 0) is 47.6 Å². The van der Waals surface area contributed by atoms with E-state index < -0.39 is 17.7 Å². The monoisotopic (exact) mass is 477 g/mol. The Morgan fingerprint density at radius 1 is 1.00 bits per heavy atom. The van der Waals surface area contributed by atoms with Gasteiger partial charge in [-0.25, -0.2) is 0 Å². The van der Waals surface area contributed by atoms with E-state index in [4.69, 9.17) is 14.2 Å². The number of Topliss-reactive ketones (excluding diaryl/α,β-unsaturated/α-hetero) is 1. The molecule has 5 rings (SSSR count). The number of amides is 1. The maximum Gasteiger partial charge on any atom is 0.295 e. The number of carbonyl (C=O) groups excluding carboxylic acids is 2. The third kappa shape index (κ3) is 4.41. The number of rotatable bonds is 4. The van der Waals surface area contributed by atoms with Gasteiger partial charge in [0.25, 0.3) is 11.7 Å². The molecule has 0 aliphatic carbocycles. The molecule has 184 valence electrons. The van der Waals surface area contributed by atoms with Crippen LogP contribution in [0, 0.1) is 0 Å². The maximum atomic E-state index is 13.3. The normalized spacial score (nSPS) is 23.7. The molecule has 1 amide bonds. The second kappa shape index (κ2) is 9.04. The first-order valence-corrected chi connectivity index (χ1v) is 12.1. The largest absolute Gasteiger partial charge is 0.507 e. The average Bonchev–Trinajstić information content (AvgIpc) is 3.45. The average molecular weight is 478 g/mol. The highest BCUT2D eigenvalue weighted by Crippen LogP contribution is 2.42. The van der Waals surface area contributed by atoms with Crippen LogP contribution in [0.25, 0.3) is 5.76 Å².